The van der Waals surface area contributed by atoms with Gasteiger partial charge in [0, 0.05) is 6.54 Å². The monoisotopic (exact) mass is 243 g/mol. The molecule has 0 bridgehead atoms. The highest BCUT2D eigenvalue weighted by atomic mass is 19.4. The zero-order chi connectivity index (χ0) is 12.7. The lowest BCUT2D eigenvalue weighted by Crippen LogP contribution is -2.42. The number of aliphatic hydroxyl groups is 1. The molecule has 0 aromatic rings. The number of rotatable bonds is 8. The molecule has 2 N–H and O–H groups in total. The highest BCUT2D eigenvalue weighted by molar-refractivity contribution is 4.74. The summed E-state index contributed by atoms with van der Waals surface area (Å²) in [5.74, 6) is 0. The fraction of sp³-hybridized carbons (Fsp3) is 1.00. The summed E-state index contributed by atoms with van der Waals surface area (Å²) in [6.45, 7) is 4.09. The summed E-state index contributed by atoms with van der Waals surface area (Å²) in [5.41, 5.74) is -1.12. The second-order valence-corrected chi connectivity index (χ2v) is 4.09. The molecule has 0 rings (SSSR count). The van der Waals surface area contributed by atoms with Gasteiger partial charge in [-0.1, -0.05) is 6.92 Å². The zero-order valence-corrected chi connectivity index (χ0v) is 9.73. The van der Waals surface area contributed by atoms with Gasteiger partial charge in [0.25, 0.3) is 0 Å². The molecule has 1 unspecified atom stereocenters. The minimum Gasteiger partial charge on any atom is -0.386 e. The summed E-state index contributed by atoms with van der Waals surface area (Å²) in [7, 11) is 0. The number of ether oxygens (including phenoxy) is 1. The van der Waals surface area contributed by atoms with Gasteiger partial charge in [0.1, 0.15) is 0 Å². The molecule has 0 heterocycles. The molecule has 0 fully saturated rings. The third-order valence-corrected chi connectivity index (χ3v) is 1.88. The number of hydrogen-bond acceptors (Lipinski definition) is 3. The van der Waals surface area contributed by atoms with Crippen molar-refractivity contribution in [3.8, 4) is 0 Å². The van der Waals surface area contributed by atoms with Crippen LogP contribution in [0.1, 0.15) is 26.7 Å². The van der Waals surface area contributed by atoms with Crippen LogP contribution in [0, 0.1) is 0 Å². The second-order valence-electron chi connectivity index (χ2n) is 4.09. The topological polar surface area (TPSA) is 41.5 Å². The minimum atomic E-state index is -4.20. The van der Waals surface area contributed by atoms with E-state index >= 15 is 0 Å². The average Bonchev–Trinajstić information content (AvgIpc) is 2.11. The van der Waals surface area contributed by atoms with E-state index < -0.39 is 24.8 Å². The van der Waals surface area contributed by atoms with Crippen LogP contribution in [-0.4, -0.2) is 43.2 Å². The van der Waals surface area contributed by atoms with Crippen LogP contribution in [0.15, 0.2) is 0 Å². The molecular weight excluding hydrogens is 223 g/mol. The third-order valence-electron chi connectivity index (χ3n) is 1.88. The molecule has 0 saturated heterocycles. The summed E-state index contributed by atoms with van der Waals surface area (Å²) in [5, 5.41) is 12.7. The predicted octanol–water partition coefficient (Wildman–Crippen LogP) is 1.71. The quantitative estimate of drug-likeness (QED) is 0.638. The van der Waals surface area contributed by atoms with Gasteiger partial charge in [-0.3, -0.25) is 0 Å². The van der Waals surface area contributed by atoms with Crippen LogP contribution >= 0.6 is 0 Å². The van der Waals surface area contributed by atoms with Gasteiger partial charge in [-0.15, -0.1) is 0 Å². The Morgan fingerprint density at radius 2 is 1.94 bits per heavy atom. The molecule has 0 aromatic carbocycles. The molecule has 0 aromatic heterocycles. The van der Waals surface area contributed by atoms with Gasteiger partial charge < -0.3 is 15.2 Å². The van der Waals surface area contributed by atoms with Gasteiger partial charge >= 0.3 is 6.18 Å². The number of nitrogens with one attached hydrogen (secondary N) is 1. The molecule has 1 atom stereocenters. The molecule has 0 amide bonds. The third kappa shape index (κ3) is 10.2. The molecule has 0 saturated carbocycles. The Morgan fingerprint density at radius 3 is 2.44 bits per heavy atom. The maximum Gasteiger partial charge on any atom is 0.391 e. The van der Waals surface area contributed by atoms with E-state index in [-0.39, 0.29) is 6.61 Å². The largest absolute Gasteiger partial charge is 0.391 e. The van der Waals surface area contributed by atoms with Gasteiger partial charge in [0.2, 0.25) is 0 Å². The lowest BCUT2D eigenvalue weighted by atomic mass is 10.1. The Hall–Kier alpha value is -0.330. The number of hydrogen-bond donors (Lipinski definition) is 2. The maximum absolute atomic E-state index is 11.8. The lowest BCUT2D eigenvalue weighted by molar-refractivity contribution is -0.150. The Balaban J connectivity index is 3.57. The first-order chi connectivity index (χ1) is 7.27. The van der Waals surface area contributed by atoms with E-state index in [0.717, 1.165) is 13.0 Å². The molecule has 0 radical (unpaired) electrons. The molecule has 0 spiro atoms. The molecule has 16 heavy (non-hydrogen) atoms. The Labute approximate surface area is 94.0 Å². The van der Waals surface area contributed by atoms with E-state index in [9.17, 15) is 18.3 Å². The first kappa shape index (κ1) is 15.7. The van der Waals surface area contributed by atoms with Crippen molar-refractivity contribution in [2.24, 2.45) is 0 Å². The molecule has 3 nitrogen and oxygen atoms in total. The van der Waals surface area contributed by atoms with Crippen molar-refractivity contribution in [3.05, 3.63) is 0 Å². The maximum atomic E-state index is 11.8. The molecule has 0 aliphatic heterocycles. The second kappa shape index (κ2) is 7.09. The highest BCUT2D eigenvalue weighted by Crippen LogP contribution is 2.19. The van der Waals surface area contributed by atoms with Crippen LogP contribution in [0.2, 0.25) is 0 Å². The molecular formula is C10H20F3NO2. The van der Waals surface area contributed by atoms with Crippen LogP contribution in [0.25, 0.3) is 0 Å². The Kier molecular flexibility index (Phi) is 6.94. The van der Waals surface area contributed by atoms with Crippen molar-refractivity contribution >= 4 is 0 Å². The predicted molar refractivity (Wildman–Crippen MR) is 55.3 cm³/mol. The summed E-state index contributed by atoms with van der Waals surface area (Å²) < 4.78 is 40.1. The standard InChI is InChI=1S/C10H20F3NO2/c1-3-5-14-7-9(2,15)8-16-6-4-10(11,12)13/h14-15H,3-8H2,1-2H3. The van der Waals surface area contributed by atoms with E-state index in [1.165, 1.54) is 6.92 Å². The van der Waals surface area contributed by atoms with E-state index in [0.29, 0.717) is 6.54 Å². The van der Waals surface area contributed by atoms with Crippen LogP contribution in [0.3, 0.4) is 0 Å². The van der Waals surface area contributed by atoms with Gasteiger partial charge in [-0.2, -0.15) is 13.2 Å². The van der Waals surface area contributed by atoms with Crippen LogP contribution in [-0.2, 0) is 4.74 Å². The highest BCUT2D eigenvalue weighted by Gasteiger charge is 2.27. The van der Waals surface area contributed by atoms with Gasteiger partial charge in [-0.05, 0) is 19.9 Å². The first-order valence-electron chi connectivity index (χ1n) is 5.34. The fourth-order valence-electron chi connectivity index (χ4n) is 1.07. The van der Waals surface area contributed by atoms with Crippen molar-refractivity contribution in [2.45, 2.75) is 38.5 Å². The van der Waals surface area contributed by atoms with E-state index in [1.54, 1.807) is 0 Å². The van der Waals surface area contributed by atoms with Gasteiger partial charge in [-0.25, -0.2) is 0 Å². The zero-order valence-electron chi connectivity index (χ0n) is 9.73. The van der Waals surface area contributed by atoms with E-state index in [4.69, 9.17) is 4.74 Å². The summed E-state index contributed by atoms with van der Waals surface area (Å²) in [6.07, 6.45) is -4.25. The van der Waals surface area contributed by atoms with Crippen molar-refractivity contribution in [1.82, 2.24) is 5.32 Å². The normalized spacial score (nSPS) is 16.1. The number of halogens is 3. The molecule has 0 aliphatic rings. The van der Waals surface area contributed by atoms with E-state index in [2.05, 4.69) is 5.32 Å². The average molecular weight is 243 g/mol. The summed E-state index contributed by atoms with van der Waals surface area (Å²) in [4.78, 5) is 0. The summed E-state index contributed by atoms with van der Waals surface area (Å²) >= 11 is 0. The van der Waals surface area contributed by atoms with Crippen LogP contribution in [0.5, 0.6) is 0 Å². The smallest absolute Gasteiger partial charge is 0.386 e. The molecule has 98 valence electrons. The molecule has 6 heteroatoms. The molecule has 0 aliphatic carbocycles. The number of alkyl halides is 3. The van der Waals surface area contributed by atoms with Crippen LogP contribution in [0.4, 0.5) is 13.2 Å². The first-order valence-corrected chi connectivity index (χ1v) is 5.34. The van der Waals surface area contributed by atoms with Crippen molar-refractivity contribution in [3.63, 3.8) is 0 Å². The Morgan fingerprint density at radius 1 is 1.31 bits per heavy atom. The van der Waals surface area contributed by atoms with Gasteiger partial charge in [0.05, 0.1) is 25.2 Å². The fourth-order valence-corrected chi connectivity index (χ4v) is 1.07. The van der Waals surface area contributed by atoms with Crippen molar-refractivity contribution in [2.75, 3.05) is 26.3 Å². The SMILES string of the molecule is CCCNCC(C)(O)COCCC(F)(F)F. The Bertz CT molecular complexity index is 183. The van der Waals surface area contributed by atoms with Crippen molar-refractivity contribution in [1.29, 1.82) is 0 Å². The summed E-state index contributed by atoms with van der Waals surface area (Å²) in [6, 6.07) is 0. The van der Waals surface area contributed by atoms with Crippen LogP contribution < -0.4 is 5.32 Å². The van der Waals surface area contributed by atoms with Gasteiger partial charge in [0.15, 0.2) is 0 Å². The van der Waals surface area contributed by atoms with E-state index in [1.807, 2.05) is 6.92 Å². The minimum absolute atomic E-state index is 0.0974. The lowest BCUT2D eigenvalue weighted by Gasteiger charge is -2.23. The van der Waals surface area contributed by atoms with Crippen molar-refractivity contribution < 1.29 is 23.0 Å².